The number of amides is 1. The van der Waals surface area contributed by atoms with Gasteiger partial charge in [0.25, 0.3) is 5.91 Å². The smallest absolute Gasteiger partial charge is 0.273 e. The number of fused-ring (bicyclic) bond motifs is 1. The molecular weight excluding hydrogens is 318 g/mol. The molecule has 0 bridgehead atoms. The van der Waals surface area contributed by atoms with Crippen molar-refractivity contribution in [3.8, 4) is 11.6 Å². The molecule has 7 heteroatoms. The van der Waals surface area contributed by atoms with Crippen molar-refractivity contribution in [2.45, 2.75) is 0 Å². The molecule has 2 N–H and O–H groups in total. The second-order valence-electron chi connectivity index (χ2n) is 5.29. The van der Waals surface area contributed by atoms with Gasteiger partial charge in [0.2, 0.25) is 5.88 Å². The normalized spacial score (nSPS) is 10.6. The third-order valence-electron chi connectivity index (χ3n) is 3.61. The predicted molar refractivity (Wildman–Crippen MR) is 92.6 cm³/mol. The molecule has 0 aliphatic heterocycles. The third kappa shape index (κ3) is 3.16. The van der Waals surface area contributed by atoms with Crippen LogP contribution in [0.3, 0.4) is 0 Å². The summed E-state index contributed by atoms with van der Waals surface area (Å²) in [5.41, 5.74) is 1.04. The summed E-state index contributed by atoms with van der Waals surface area (Å²) in [5, 5.41) is 19.0. The van der Waals surface area contributed by atoms with Gasteiger partial charge >= 0.3 is 0 Å². The lowest BCUT2D eigenvalue weighted by molar-refractivity contribution is 0.102. The summed E-state index contributed by atoms with van der Waals surface area (Å²) in [7, 11) is 0. The Morgan fingerprint density at radius 3 is 2.68 bits per heavy atom. The zero-order chi connectivity index (χ0) is 17.1. The third-order valence-corrected chi connectivity index (χ3v) is 3.61. The van der Waals surface area contributed by atoms with Gasteiger partial charge in [0.15, 0.2) is 0 Å². The van der Waals surface area contributed by atoms with E-state index in [0.29, 0.717) is 23.0 Å². The summed E-state index contributed by atoms with van der Waals surface area (Å²) in [5.74, 6) is 0.781. The molecule has 0 spiro atoms. The van der Waals surface area contributed by atoms with Crippen LogP contribution in [-0.2, 0) is 0 Å². The number of benzene rings is 2. The Morgan fingerprint density at radius 2 is 1.88 bits per heavy atom. The quantitative estimate of drug-likeness (QED) is 0.598. The van der Waals surface area contributed by atoms with Gasteiger partial charge in [-0.25, -0.2) is 0 Å². The van der Waals surface area contributed by atoms with Crippen molar-refractivity contribution in [2.24, 2.45) is 0 Å². The molecule has 0 atom stereocenters. The standard InChI is InChI=1S/C18H13N5O2/c24-17(16-9-10-19-22-16)21-13-5-7-14(8-6-13)25-18-15-4-2-1-3-12(15)11-20-23-18/h1-11H,(H,19,22)(H,21,24). The number of hydrogen-bond acceptors (Lipinski definition) is 5. The summed E-state index contributed by atoms with van der Waals surface area (Å²) >= 11 is 0. The van der Waals surface area contributed by atoms with E-state index in [1.165, 1.54) is 6.20 Å². The zero-order valence-corrected chi connectivity index (χ0v) is 13.0. The molecule has 25 heavy (non-hydrogen) atoms. The predicted octanol–water partition coefficient (Wildman–Crippen LogP) is 3.40. The van der Waals surface area contributed by atoms with E-state index >= 15 is 0 Å². The second-order valence-corrected chi connectivity index (χ2v) is 5.29. The first-order valence-electron chi connectivity index (χ1n) is 7.59. The van der Waals surface area contributed by atoms with Crippen LogP contribution in [0.25, 0.3) is 10.8 Å². The molecule has 0 radical (unpaired) electrons. The van der Waals surface area contributed by atoms with E-state index in [2.05, 4.69) is 25.7 Å². The van der Waals surface area contributed by atoms with Crippen LogP contribution >= 0.6 is 0 Å². The minimum Gasteiger partial charge on any atom is -0.437 e. The lowest BCUT2D eigenvalue weighted by Gasteiger charge is -2.08. The molecule has 0 unspecified atom stereocenters. The summed E-state index contributed by atoms with van der Waals surface area (Å²) in [6.45, 7) is 0. The highest BCUT2D eigenvalue weighted by Crippen LogP contribution is 2.27. The van der Waals surface area contributed by atoms with Crippen molar-refractivity contribution < 1.29 is 9.53 Å². The summed E-state index contributed by atoms with van der Waals surface area (Å²) < 4.78 is 5.82. The Bertz CT molecular complexity index is 1010. The fraction of sp³-hybridized carbons (Fsp3) is 0. The molecule has 4 rings (SSSR count). The first kappa shape index (κ1) is 14.8. The summed E-state index contributed by atoms with van der Waals surface area (Å²) in [6.07, 6.45) is 3.22. The van der Waals surface area contributed by atoms with E-state index in [-0.39, 0.29) is 5.91 Å². The van der Waals surface area contributed by atoms with Gasteiger partial charge in [-0.15, -0.1) is 5.10 Å². The van der Waals surface area contributed by atoms with Crippen molar-refractivity contribution in [3.05, 3.63) is 72.7 Å². The average Bonchev–Trinajstić information content (AvgIpc) is 3.19. The molecule has 0 saturated carbocycles. The number of nitrogens with one attached hydrogen (secondary N) is 2. The number of aromatic amines is 1. The van der Waals surface area contributed by atoms with E-state index < -0.39 is 0 Å². The van der Waals surface area contributed by atoms with Crippen molar-refractivity contribution >= 4 is 22.4 Å². The number of ether oxygens (including phenoxy) is 1. The molecule has 0 fully saturated rings. The zero-order valence-electron chi connectivity index (χ0n) is 13.0. The van der Waals surface area contributed by atoms with E-state index in [4.69, 9.17) is 4.74 Å². The SMILES string of the molecule is O=C(Nc1ccc(Oc2nncc3ccccc23)cc1)c1ccn[nH]1. The largest absolute Gasteiger partial charge is 0.437 e. The molecule has 2 aromatic carbocycles. The van der Waals surface area contributed by atoms with Crippen molar-refractivity contribution in [2.75, 3.05) is 5.32 Å². The monoisotopic (exact) mass is 331 g/mol. The van der Waals surface area contributed by atoms with E-state index in [1.54, 1.807) is 36.5 Å². The highest BCUT2D eigenvalue weighted by molar-refractivity contribution is 6.02. The molecule has 2 aromatic heterocycles. The van der Waals surface area contributed by atoms with Gasteiger partial charge in [-0.3, -0.25) is 9.89 Å². The minimum absolute atomic E-state index is 0.258. The maximum atomic E-state index is 12.0. The van der Waals surface area contributed by atoms with Crippen LogP contribution in [0.4, 0.5) is 5.69 Å². The molecule has 1 amide bonds. The highest BCUT2D eigenvalue weighted by Gasteiger charge is 2.08. The first-order valence-corrected chi connectivity index (χ1v) is 7.59. The number of anilines is 1. The molecule has 122 valence electrons. The second kappa shape index (κ2) is 6.40. The fourth-order valence-electron chi connectivity index (χ4n) is 2.38. The molecule has 7 nitrogen and oxygen atoms in total. The molecule has 4 aromatic rings. The molecule has 0 aliphatic rings. The number of aromatic nitrogens is 4. The van der Waals surface area contributed by atoms with Crippen LogP contribution in [0.1, 0.15) is 10.5 Å². The van der Waals surface area contributed by atoms with Gasteiger partial charge < -0.3 is 10.1 Å². The van der Waals surface area contributed by atoms with Gasteiger partial charge in [0.05, 0.1) is 6.20 Å². The van der Waals surface area contributed by atoms with E-state index in [1.807, 2.05) is 24.3 Å². The van der Waals surface area contributed by atoms with Crippen LogP contribution in [0.15, 0.2) is 67.0 Å². The lowest BCUT2D eigenvalue weighted by Crippen LogP contribution is -2.12. The van der Waals surface area contributed by atoms with E-state index in [9.17, 15) is 4.79 Å². The van der Waals surface area contributed by atoms with Crippen LogP contribution < -0.4 is 10.1 Å². The molecule has 2 heterocycles. The van der Waals surface area contributed by atoms with Crippen LogP contribution in [-0.4, -0.2) is 26.3 Å². The maximum absolute atomic E-state index is 12.0. The summed E-state index contributed by atoms with van der Waals surface area (Å²) in [6, 6.07) is 16.4. The van der Waals surface area contributed by atoms with Crippen LogP contribution in [0.5, 0.6) is 11.6 Å². The van der Waals surface area contributed by atoms with Gasteiger partial charge in [0.1, 0.15) is 11.4 Å². The Labute approximate surface area is 142 Å². The highest BCUT2D eigenvalue weighted by atomic mass is 16.5. The number of hydrogen-bond donors (Lipinski definition) is 2. The summed E-state index contributed by atoms with van der Waals surface area (Å²) in [4.78, 5) is 12.0. The van der Waals surface area contributed by atoms with Gasteiger partial charge in [-0.05, 0) is 36.4 Å². The Morgan fingerprint density at radius 1 is 1.04 bits per heavy atom. The maximum Gasteiger partial charge on any atom is 0.273 e. The molecule has 0 saturated heterocycles. The molecular formula is C18H13N5O2. The van der Waals surface area contributed by atoms with E-state index in [0.717, 1.165) is 10.8 Å². The minimum atomic E-state index is -0.258. The van der Waals surface area contributed by atoms with Crippen LogP contribution in [0, 0.1) is 0 Å². The van der Waals surface area contributed by atoms with Crippen molar-refractivity contribution in [1.29, 1.82) is 0 Å². The topological polar surface area (TPSA) is 92.8 Å². The van der Waals surface area contributed by atoms with Gasteiger partial charge in [-0.1, -0.05) is 18.2 Å². The average molecular weight is 331 g/mol. The number of nitrogens with zero attached hydrogens (tertiary/aromatic N) is 3. The lowest BCUT2D eigenvalue weighted by atomic mass is 10.2. The van der Waals surface area contributed by atoms with Crippen molar-refractivity contribution in [3.63, 3.8) is 0 Å². The number of carbonyl (C=O) groups is 1. The van der Waals surface area contributed by atoms with Gasteiger partial charge in [0, 0.05) is 22.7 Å². The fourth-order valence-corrected chi connectivity index (χ4v) is 2.38. The van der Waals surface area contributed by atoms with Crippen LogP contribution in [0.2, 0.25) is 0 Å². The number of rotatable bonds is 4. The van der Waals surface area contributed by atoms with Crippen molar-refractivity contribution in [1.82, 2.24) is 20.4 Å². The Kier molecular flexibility index (Phi) is 3.80. The number of H-pyrrole nitrogens is 1. The first-order chi connectivity index (χ1) is 12.3. The number of carbonyl (C=O) groups excluding carboxylic acids is 1. The molecule has 0 aliphatic carbocycles. The Balaban J connectivity index is 1.51. The van der Waals surface area contributed by atoms with Gasteiger partial charge in [-0.2, -0.15) is 10.2 Å². The Hall–Kier alpha value is -3.74.